The summed E-state index contributed by atoms with van der Waals surface area (Å²) in [5.41, 5.74) is 5.40. The van der Waals surface area contributed by atoms with Gasteiger partial charge < -0.3 is 15.2 Å². The van der Waals surface area contributed by atoms with E-state index < -0.39 is 10.0 Å². The van der Waals surface area contributed by atoms with Crippen LogP contribution >= 0.6 is 12.4 Å². The first-order valence-corrected chi connectivity index (χ1v) is 8.58. The SMILES string of the molecule is CCOCCS(=O)(=O)N1CCC(OCCCN)CC1.Cl. The number of hydrogen-bond donors (Lipinski definition) is 1. The molecular weight excluding hydrogens is 304 g/mol. The highest BCUT2D eigenvalue weighted by Crippen LogP contribution is 2.17. The van der Waals surface area contributed by atoms with Crippen LogP contribution in [-0.2, 0) is 19.5 Å². The molecule has 1 aliphatic heterocycles. The van der Waals surface area contributed by atoms with E-state index in [1.165, 1.54) is 0 Å². The zero-order valence-corrected chi connectivity index (χ0v) is 13.8. The van der Waals surface area contributed by atoms with Crippen LogP contribution in [0.3, 0.4) is 0 Å². The van der Waals surface area contributed by atoms with Crippen molar-refractivity contribution in [3.05, 3.63) is 0 Å². The maximum absolute atomic E-state index is 12.0. The Balaban J connectivity index is 0.00000361. The van der Waals surface area contributed by atoms with E-state index in [0.29, 0.717) is 32.8 Å². The van der Waals surface area contributed by atoms with Gasteiger partial charge in [-0.1, -0.05) is 0 Å². The normalized spacial score (nSPS) is 17.9. The summed E-state index contributed by atoms with van der Waals surface area (Å²) in [5.74, 6) is 0.0690. The molecule has 0 spiro atoms. The van der Waals surface area contributed by atoms with Gasteiger partial charge in [0.1, 0.15) is 0 Å². The highest BCUT2D eigenvalue weighted by atomic mass is 35.5. The summed E-state index contributed by atoms with van der Waals surface area (Å²) in [6.07, 6.45) is 2.55. The van der Waals surface area contributed by atoms with E-state index in [0.717, 1.165) is 19.3 Å². The van der Waals surface area contributed by atoms with E-state index in [2.05, 4.69) is 0 Å². The minimum absolute atomic E-state index is 0. The molecule has 1 rings (SSSR count). The lowest BCUT2D eigenvalue weighted by Gasteiger charge is -2.31. The van der Waals surface area contributed by atoms with Crippen LogP contribution in [-0.4, -0.2) is 64.0 Å². The molecule has 8 heteroatoms. The number of nitrogens with zero attached hydrogens (tertiary/aromatic N) is 1. The van der Waals surface area contributed by atoms with E-state index in [9.17, 15) is 8.42 Å². The molecule has 20 heavy (non-hydrogen) atoms. The molecule has 0 atom stereocenters. The second-order valence-corrected chi connectivity index (χ2v) is 6.71. The van der Waals surface area contributed by atoms with Crippen LogP contribution in [0.15, 0.2) is 0 Å². The van der Waals surface area contributed by atoms with Gasteiger partial charge in [0.05, 0.1) is 18.5 Å². The molecule has 0 aromatic rings. The Morgan fingerprint density at radius 2 is 1.90 bits per heavy atom. The predicted octanol–water partition coefficient (Wildman–Crippen LogP) is 0.604. The van der Waals surface area contributed by atoms with Crippen molar-refractivity contribution in [2.24, 2.45) is 5.73 Å². The largest absolute Gasteiger partial charge is 0.381 e. The van der Waals surface area contributed by atoms with Crippen molar-refractivity contribution in [3.63, 3.8) is 0 Å². The molecule has 1 fully saturated rings. The van der Waals surface area contributed by atoms with Crippen molar-refractivity contribution in [1.82, 2.24) is 4.31 Å². The van der Waals surface area contributed by atoms with Gasteiger partial charge in [-0.25, -0.2) is 12.7 Å². The molecule has 1 heterocycles. The van der Waals surface area contributed by atoms with Gasteiger partial charge in [-0.3, -0.25) is 0 Å². The number of sulfonamides is 1. The molecule has 0 radical (unpaired) electrons. The van der Waals surface area contributed by atoms with Crippen LogP contribution in [0.25, 0.3) is 0 Å². The third-order valence-electron chi connectivity index (χ3n) is 3.19. The van der Waals surface area contributed by atoms with Gasteiger partial charge in [-0.05, 0) is 32.7 Å². The van der Waals surface area contributed by atoms with Crippen molar-refractivity contribution in [2.75, 3.05) is 45.2 Å². The number of piperidine rings is 1. The maximum Gasteiger partial charge on any atom is 0.216 e. The van der Waals surface area contributed by atoms with Crippen LogP contribution in [0, 0.1) is 0 Å². The van der Waals surface area contributed by atoms with Crippen molar-refractivity contribution in [1.29, 1.82) is 0 Å². The second-order valence-electron chi connectivity index (χ2n) is 4.62. The molecule has 0 aliphatic carbocycles. The van der Waals surface area contributed by atoms with Gasteiger partial charge in [0.25, 0.3) is 0 Å². The monoisotopic (exact) mass is 330 g/mol. The lowest BCUT2D eigenvalue weighted by atomic mass is 10.1. The first-order chi connectivity index (χ1) is 9.10. The van der Waals surface area contributed by atoms with E-state index >= 15 is 0 Å². The second kappa shape index (κ2) is 10.8. The van der Waals surface area contributed by atoms with Gasteiger partial charge >= 0.3 is 0 Å². The first-order valence-electron chi connectivity index (χ1n) is 6.97. The fraction of sp³-hybridized carbons (Fsp3) is 1.00. The number of nitrogens with two attached hydrogens (primary N) is 1. The molecule has 0 saturated carbocycles. The first kappa shape index (κ1) is 20.1. The molecule has 122 valence electrons. The summed E-state index contributed by atoms with van der Waals surface area (Å²) < 4.78 is 36.3. The standard InChI is InChI=1S/C12H26N2O4S.ClH/c1-2-17-10-11-19(15,16)14-7-4-12(5-8-14)18-9-3-6-13;/h12H,2-11,13H2,1H3;1H. The molecule has 0 aromatic heterocycles. The number of halogens is 1. The summed E-state index contributed by atoms with van der Waals surface area (Å²) in [7, 11) is -3.17. The quantitative estimate of drug-likeness (QED) is 0.626. The number of ether oxygens (including phenoxy) is 2. The third kappa shape index (κ3) is 7.19. The number of hydrogen-bond acceptors (Lipinski definition) is 5. The average molecular weight is 331 g/mol. The van der Waals surface area contributed by atoms with Crippen LogP contribution in [0.1, 0.15) is 26.2 Å². The summed E-state index contributed by atoms with van der Waals surface area (Å²) >= 11 is 0. The van der Waals surface area contributed by atoms with Gasteiger partial charge in [0.15, 0.2) is 0 Å². The van der Waals surface area contributed by atoms with Crippen molar-refractivity contribution in [3.8, 4) is 0 Å². The van der Waals surface area contributed by atoms with E-state index in [4.69, 9.17) is 15.2 Å². The fourth-order valence-electron chi connectivity index (χ4n) is 2.05. The zero-order valence-electron chi connectivity index (χ0n) is 12.1. The lowest BCUT2D eigenvalue weighted by molar-refractivity contribution is 0.0208. The van der Waals surface area contributed by atoms with Crippen molar-refractivity contribution in [2.45, 2.75) is 32.3 Å². The van der Waals surface area contributed by atoms with Crippen LogP contribution in [0.5, 0.6) is 0 Å². The van der Waals surface area contributed by atoms with Gasteiger partial charge in [-0.15, -0.1) is 12.4 Å². The van der Waals surface area contributed by atoms with Gasteiger partial charge in [0, 0.05) is 26.3 Å². The third-order valence-corrected chi connectivity index (χ3v) is 5.02. The molecule has 2 N–H and O–H groups in total. The summed E-state index contributed by atoms with van der Waals surface area (Å²) in [6.45, 7) is 5.06. The highest BCUT2D eigenvalue weighted by Gasteiger charge is 2.27. The zero-order chi connectivity index (χ0) is 14.1. The van der Waals surface area contributed by atoms with Crippen LogP contribution < -0.4 is 5.73 Å². The van der Waals surface area contributed by atoms with Crippen LogP contribution in [0.4, 0.5) is 0 Å². The fourth-order valence-corrected chi connectivity index (χ4v) is 3.40. The Kier molecular flexibility index (Phi) is 10.8. The summed E-state index contributed by atoms with van der Waals surface area (Å²) in [5, 5.41) is 0. The topological polar surface area (TPSA) is 81.9 Å². The molecule has 6 nitrogen and oxygen atoms in total. The Bertz CT molecular complexity index is 332. The summed E-state index contributed by atoms with van der Waals surface area (Å²) in [6, 6.07) is 0. The molecule has 0 bridgehead atoms. The Morgan fingerprint density at radius 1 is 1.25 bits per heavy atom. The average Bonchev–Trinajstić information content (AvgIpc) is 2.40. The van der Waals surface area contributed by atoms with Gasteiger partial charge in [-0.2, -0.15) is 0 Å². The highest BCUT2D eigenvalue weighted by molar-refractivity contribution is 7.89. The molecule has 0 unspecified atom stereocenters. The Morgan fingerprint density at radius 3 is 2.45 bits per heavy atom. The minimum atomic E-state index is -3.17. The maximum atomic E-state index is 12.0. The summed E-state index contributed by atoms with van der Waals surface area (Å²) in [4.78, 5) is 0. The minimum Gasteiger partial charge on any atom is -0.381 e. The van der Waals surface area contributed by atoms with Crippen LogP contribution in [0.2, 0.25) is 0 Å². The van der Waals surface area contributed by atoms with Crippen molar-refractivity contribution >= 4 is 22.4 Å². The smallest absolute Gasteiger partial charge is 0.216 e. The van der Waals surface area contributed by atoms with E-state index in [-0.39, 0.29) is 30.9 Å². The molecular formula is C12H27ClN2O4S. The predicted molar refractivity (Wildman–Crippen MR) is 81.7 cm³/mol. The molecule has 0 aromatic carbocycles. The lowest BCUT2D eigenvalue weighted by Crippen LogP contribution is -2.42. The van der Waals surface area contributed by atoms with E-state index in [1.807, 2.05) is 6.92 Å². The Labute approximate surface area is 128 Å². The molecule has 1 aliphatic rings. The van der Waals surface area contributed by atoms with Crippen molar-refractivity contribution < 1.29 is 17.9 Å². The number of rotatable bonds is 9. The van der Waals surface area contributed by atoms with E-state index in [1.54, 1.807) is 4.31 Å². The Hall–Kier alpha value is 0.0800. The molecule has 1 saturated heterocycles. The molecule has 0 amide bonds. The van der Waals surface area contributed by atoms with Gasteiger partial charge in [0.2, 0.25) is 10.0 Å².